The van der Waals surface area contributed by atoms with Crippen molar-refractivity contribution < 1.29 is 4.39 Å². The van der Waals surface area contributed by atoms with Crippen LogP contribution in [0.4, 0.5) is 10.1 Å². The average molecular weight is 292 g/mol. The molecule has 1 unspecified atom stereocenters. The van der Waals surface area contributed by atoms with Gasteiger partial charge < -0.3 is 5.32 Å². The minimum absolute atomic E-state index is 0.0777. The minimum atomic E-state index is -0.280. The maximum atomic E-state index is 13.8. The molecule has 0 aliphatic heterocycles. The molecule has 2 rings (SSSR count). The van der Waals surface area contributed by atoms with Crippen LogP contribution in [0.3, 0.4) is 0 Å². The van der Waals surface area contributed by atoms with Crippen LogP contribution in [-0.2, 0) is 6.42 Å². The topological polar surface area (TPSA) is 12.0 Å². The number of nitrogens with one attached hydrogen (secondary N) is 1. The third-order valence-corrected chi connectivity index (χ3v) is 3.69. The fourth-order valence-corrected chi connectivity index (χ4v) is 2.37. The van der Waals surface area contributed by atoms with Gasteiger partial charge in [0, 0.05) is 5.02 Å². The third-order valence-electron chi connectivity index (χ3n) is 3.46. The van der Waals surface area contributed by atoms with Gasteiger partial charge in [0.2, 0.25) is 0 Å². The van der Waals surface area contributed by atoms with E-state index in [2.05, 4.69) is 43.4 Å². The molecule has 20 heavy (non-hydrogen) atoms. The molecule has 3 heteroatoms. The summed E-state index contributed by atoms with van der Waals surface area (Å²) >= 11 is 5.92. The molecule has 1 atom stereocenters. The van der Waals surface area contributed by atoms with E-state index in [1.54, 1.807) is 12.1 Å². The lowest BCUT2D eigenvalue weighted by atomic mass is 10.0. The fourth-order valence-electron chi connectivity index (χ4n) is 2.20. The molecule has 0 saturated heterocycles. The molecule has 0 fully saturated rings. The highest BCUT2D eigenvalue weighted by atomic mass is 35.5. The summed E-state index contributed by atoms with van der Waals surface area (Å²) in [6.45, 7) is 4.21. The van der Waals surface area contributed by atoms with Crippen LogP contribution < -0.4 is 5.32 Å². The quantitative estimate of drug-likeness (QED) is 0.755. The van der Waals surface area contributed by atoms with Crippen molar-refractivity contribution >= 4 is 17.3 Å². The van der Waals surface area contributed by atoms with Crippen molar-refractivity contribution in [3.63, 3.8) is 0 Å². The minimum Gasteiger partial charge on any atom is -0.376 e. The molecular weight excluding hydrogens is 273 g/mol. The van der Waals surface area contributed by atoms with Gasteiger partial charge in [-0.2, -0.15) is 0 Å². The predicted octanol–water partition coefficient (Wildman–Crippen LogP) is 5.60. The lowest BCUT2D eigenvalue weighted by molar-refractivity contribution is 0.624. The van der Waals surface area contributed by atoms with Gasteiger partial charge in [-0.25, -0.2) is 4.39 Å². The molecule has 2 aromatic rings. The molecular formula is C17H19ClFN. The van der Waals surface area contributed by atoms with E-state index in [9.17, 15) is 4.39 Å². The molecule has 0 amide bonds. The van der Waals surface area contributed by atoms with E-state index in [0.29, 0.717) is 10.7 Å². The monoisotopic (exact) mass is 291 g/mol. The molecule has 2 aromatic carbocycles. The Kier molecular flexibility index (Phi) is 5.02. The molecule has 0 bridgehead atoms. The molecule has 0 saturated carbocycles. The molecule has 0 aromatic heterocycles. The van der Waals surface area contributed by atoms with Crippen molar-refractivity contribution in [2.45, 2.75) is 32.7 Å². The maximum absolute atomic E-state index is 13.8. The van der Waals surface area contributed by atoms with E-state index in [1.165, 1.54) is 11.6 Å². The largest absolute Gasteiger partial charge is 0.376 e. The van der Waals surface area contributed by atoms with E-state index >= 15 is 0 Å². The Bertz CT molecular complexity index is 566. The van der Waals surface area contributed by atoms with Crippen LogP contribution in [0.5, 0.6) is 0 Å². The van der Waals surface area contributed by atoms with Gasteiger partial charge >= 0.3 is 0 Å². The van der Waals surface area contributed by atoms with Crippen LogP contribution in [-0.4, -0.2) is 0 Å². The molecule has 1 nitrogen and oxygen atoms in total. The first-order chi connectivity index (χ1) is 9.63. The van der Waals surface area contributed by atoms with E-state index in [-0.39, 0.29) is 11.9 Å². The average Bonchev–Trinajstić information content (AvgIpc) is 2.48. The van der Waals surface area contributed by atoms with Crippen LogP contribution in [0.1, 0.15) is 37.4 Å². The first-order valence-corrected chi connectivity index (χ1v) is 7.32. The second-order valence-electron chi connectivity index (χ2n) is 4.82. The predicted molar refractivity (Wildman–Crippen MR) is 83.9 cm³/mol. The highest BCUT2D eigenvalue weighted by molar-refractivity contribution is 6.30. The summed E-state index contributed by atoms with van der Waals surface area (Å²) in [5.74, 6) is -0.280. The summed E-state index contributed by atoms with van der Waals surface area (Å²) in [6, 6.07) is 13.1. The zero-order valence-electron chi connectivity index (χ0n) is 11.8. The van der Waals surface area contributed by atoms with E-state index in [0.717, 1.165) is 18.4 Å². The van der Waals surface area contributed by atoms with Crippen LogP contribution in [0, 0.1) is 5.82 Å². The highest BCUT2D eigenvalue weighted by Gasteiger charge is 2.12. The Morgan fingerprint density at radius 1 is 1.10 bits per heavy atom. The standard InChI is InChI=1S/C17H19ClFN/c1-3-12-5-7-13(8-6-12)16(4-2)20-17-11-14(18)9-10-15(17)19/h5-11,16,20H,3-4H2,1-2H3. The smallest absolute Gasteiger partial charge is 0.146 e. The van der Waals surface area contributed by atoms with Crippen LogP contribution in [0.15, 0.2) is 42.5 Å². The Hall–Kier alpha value is -1.54. The summed E-state index contributed by atoms with van der Waals surface area (Å²) in [5.41, 5.74) is 2.91. The highest BCUT2D eigenvalue weighted by Crippen LogP contribution is 2.26. The Morgan fingerprint density at radius 3 is 2.40 bits per heavy atom. The van der Waals surface area contributed by atoms with Gasteiger partial charge in [0.25, 0.3) is 0 Å². The molecule has 0 radical (unpaired) electrons. The molecule has 1 N–H and O–H groups in total. The Morgan fingerprint density at radius 2 is 1.80 bits per heavy atom. The summed E-state index contributed by atoms with van der Waals surface area (Å²) in [6.07, 6.45) is 1.89. The number of anilines is 1. The maximum Gasteiger partial charge on any atom is 0.146 e. The van der Waals surface area contributed by atoms with Gasteiger partial charge in [-0.3, -0.25) is 0 Å². The van der Waals surface area contributed by atoms with E-state index in [4.69, 9.17) is 11.6 Å². The number of aryl methyl sites for hydroxylation is 1. The lowest BCUT2D eigenvalue weighted by Crippen LogP contribution is -2.10. The lowest BCUT2D eigenvalue weighted by Gasteiger charge is -2.19. The fraction of sp³-hybridized carbons (Fsp3) is 0.294. The summed E-state index contributed by atoms with van der Waals surface area (Å²) in [5, 5.41) is 3.76. The van der Waals surface area contributed by atoms with Gasteiger partial charge in [0.1, 0.15) is 5.82 Å². The van der Waals surface area contributed by atoms with Crippen molar-refractivity contribution in [1.29, 1.82) is 0 Å². The molecule has 106 valence electrons. The van der Waals surface area contributed by atoms with Gasteiger partial charge in [0.15, 0.2) is 0 Å². The van der Waals surface area contributed by atoms with Crippen molar-refractivity contribution in [1.82, 2.24) is 0 Å². The van der Waals surface area contributed by atoms with Crippen LogP contribution >= 0.6 is 11.6 Å². The van der Waals surface area contributed by atoms with Crippen molar-refractivity contribution in [2.24, 2.45) is 0 Å². The van der Waals surface area contributed by atoms with Gasteiger partial charge in [-0.05, 0) is 42.2 Å². The first-order valence-electron chi connectivity index (χ1n) is 6.94. The first kappa shape index (κ1) is 14.9. The zero-order valence-corrected chi connectivity index (χ0v) is 12.5. The number of rotatable bonds is 5. The van der Waals surface area contributed by atoms with Crippen LogP contribution in [0.25, 0.3) is 0 Å². The third kappa shape index (κ3) is 3.51. The molecule has 0 aliphatic carbocycles. The SMILES string of the molecule is CCc1ccc(C(CC)Nc2cc(Cl)ccc2F)cc1. The van der Waals surface area contributed by atoms with Gasteiger partial charge in [0.05, 0.1) is 11.7 Å². The van der Waals surface area contributed by atoms with Crippen molar-refractivity contribution in [2.75, 3.05) is 5.32 Å². The number of halogens is 2. The number of hydrogen-bond acceptors (Lipinski definition) is 1. The van der Waals surface area contributed by atoms with Gasteiger partial charge in [-0.1, -0.05) is 49.7 Å². The number of hydrogen-bond donors (Lipinski definition) is 1. The second kappa shape index (κ2) is 6.76. The summed E-state index contributed by atoms with van der Waals surface area (Å²) in [7, 11) is 0. The molecule has 0 aliphatic rings. The van der Waals surface area contributed by atoms with E-state index in [1.807, 2.05) is 0 Å². The van der Waals surface area contributed by atoms with Gasteiger partial charge in [-0.15, -0.1) is 0 Å². The summed E-state index contributed by atoms with van der Waals surface area (Å²) < 4.78 is 13.8. The second-order valence-corrected chi connectivity index (χ2v) is 5.26. The Balaban J connectivity index is 2.21. The van der Waals surface area contributed by atoms with Crippen LogP contribution in [0.2, 0.25) is 5.02 Å². The zero-order chi connectivity index (χ0) is 14.5. The Labute approximate surface area is 124 Å². The van der Waals surface area contributed by atoms with Crippen molar-refractivity contribution in [3.8, 4) is 0 Å². The van der Waals surface area contributed by atoms with E-state index < -0.39 is 0 Å². The summed E-state index contributed by atoms with van der Waals surface area (Å²) in [4.78, 5) is 0. The molecule has 0 heterocycles. The number of benzene rings is 2. The molecule has 0 spiro atoms. The van der Waals surface area contributed by atoms with Crippen molar-refractivity contribution in [3.05, 3.63) is 64.4 Å². The normalized spacial score (nSPS) is 12.2.